The van der Waals surface area contributed by atoms with Crippen molar-refractivity contribution in [1.82, 2.24) is 4.90 Å². The Balaban J connectivity index is 0.00000272. The van der Waals surface area contributed by atoms with E-state index in [1.165, 1.54) is 5.69 Å². The van der Waals surface area contributed by atoms with E-state index in [-0.39, 0.29) is 18.6 Å². The van der Waals surface area contributed by atoms with E-state index in [1.54, 1.807) is 0 Å². The molecule has 1 aliphatic heterocycles. The number of furan rings is 1. The molecule has 1 atom stereocenters. The normalized spacial score (nSPS) is 15.7. The molecule has 0 saturated carbocycles. The van der Waals surface area contributed by atoms with Crippen molar-refractivity contribution in [2.75, 3.05) is 45.3 Å². The number of hydrogen-bond donors (Lipinski definition) is 0. The minimum absolute atomic E-state index is 0. The first kappa shape index (κ1) is 23.2. The van der Waals surface area contributed by atoms with Gasteiger partial charge >= 0.3 is 0 Å². The number of ether oxygens (including phenoxy) is 2. The van der Waals surface area contributed by atoms with Gasteiger partial charge in [0.2, 0.25) is 0 Å². The average Bonchev–Trinajstić information content (AvgIpc) is 3.19. The molecular formula is C25H31ClN2O3. The van der Waals surface area contributed by atoms with Crippen LogP contribution in [0.1, 0.15) is 24.7 Å². The topological polar surface area (TPSA) is 38.1 Å². The third kappa shape index (κ3) is 5.82. The van der Waals surface area contributed by atoms with Crippen LogP contribution in [0.25, 0.3) is 23.1 Å². The van der Waals surface area contributed by atoms with Gasteiger partial charge in [-0.3, -0.25) is 4.90 Å². The molecular weight excluding hydrogens is 412 g/mol. The Morgan fingerprint density at radius 1 is 1.03 bits per heavy atom. The maximum Gasteiger partial charge on any atom is 0.152 e. The fourth-order valence-corrected chi connectivity index (χ4v) is 3.69. The van der Waals surface area contributed by atoms with Crippen LogP contribution in [0.15, 0.2) is 52.9 Å². The monoisotopic (exact) mass is 442 g/mol. The number of fused-ring (bicyclic) bond motifs is 1. The lowest BCUT2D eigenvalue weighted by atomic mass is 10.1. The Kier molecular flexibility index (Phi) is 8.02. The summed E-state index contributed by atoms with van der Waals surface area (Å²) in [5, 5.41) is 1.07. The maximum absolute atomic E-state index is 6.27. The molecule has 0 radical (unpaired) electrons. The van der Waals surface area contributed by atoms with Crippen molar-refractivity contribution in [3.05, 3.63) is 59.9 Å². The summed E-state index contributed by atoms with van der Waals surface area (Å²) in [5.74, 6) is 1.67. The van der Waals surface area contributed by atoms with Gasteiger partial charge in [-0.15, -0.1) is 12.4 Å². The van der Waals surface area contributed by atoms with E-state index in [0.29, 0.717) is 0 Å². The molecule has 2 heterocycles. The van der Waals surface area contributed by atoms with Crippen molar-refractivity contribution in [1.29, 1.82) is 0 Å². The minimum atomic E-state index is 0. The zero-order valence-electron chi connectivity index (χ0n) is 18.4. The van der Waals surface area contributed by atoms with Gasteiger partial charge in [0, 0.05) is 44.3 Å². The molecule has 4 rings (SSSR count). The van der Waals surface area contributed by atoms with Crippen molar-refractivity contribution in [3.63, 3.8) is 0 Å². The molecule has 3 aromatic rings. The fourth-order valence-electron chi connectivity index (χ4n) is 3.69. The van der Waals surface area contributed by atoms with Gasteiger partial charge in [0.05, 0.1) is 13.2 Å². The number of rotatable bonds is 7. The van der Waals surface area contributed by atoms with Crippen molar-refractivity contribution in [2.45, 2.75) is 19.6 Å². The minimum Gasteiger partial charge on any atom is -0.475 e. The zero-order chi connectivity index (χ0) is 20.9. The van der Waals surface area contributed by atoms with E-state index < -0.39 is 0 Å². The summed E-state index contributed by atoms with van der Waals surface area (Å²) in [5.41, 5.74) is 3.17. The van der Waals surface area contributed by atoms with Crippen LogP contribution in [0.2, 0.25) is 0 Å². The van der Waals surface area contributed by atoms with Gasteiger partial charge in [0.1, 0.15) is 17.1 Å². The van der Waals surface area contributed by atoms with Crippen LogP contribution in [0, 0.1) is 0 Å². The summed E-state index contributed by atoms with van der Waals surface area (Å²) in [7, 11) is 4.09. The van der Waals surface area contributed by atoms with Crippen LogP contribution in [-0.4, -0.2) is 51.5 Å². The summed E-state index contributed by atoms with van der Waals surface area (Å²) in [4.78, 5) is 4.43. The number of hydrogen-bond acceptors (Lipinski definition) is 5. The number of anilines is 1. The molecule has 0 bridgehead atoms. The average molecular weight is 443 g/mol. The second kappa shape index (κ2) is 10.7. The summed E-state index contributed by atoms with van der Waals surface area (Å²) < 4.78 is 17.8. The molecule has 0 aliphatic carbocycles. The maximum atomic E-state index is 6.27. The van der Waals surface area contributed by atoms with E-state index in [9.17, 15) is 0 Å². The first-order valence-corrected chi connectivity index (χ1v) is 10.6. The summed E-state index contributed by atoms with van der Waals surface area (Å²) >= 11 is 0. The lowest BCUT2D eigenvalue weighted by Gasteiger charge is -2.33. The van der Waals surface area contributed by atoms with Gasteiger partial charge in [0.25, 0.3) is 0 Å². The smallest absolute Gasteiger partial charge is 0.152 e. The van der Waals surface area contributed by atoms with Gasteiger partial charge in [0.15, 0.2) is 6.23 Å². The molecule has 31 heavy (non-hydrogen) atoms. The predicted octanol–water partition coefficient (Wildman–Crippen LogP) is 5.54. The first-order chi connectivity index (χ1) is 14.6. The second-order valence-corrected chi connectivity index (χ2v) is 7.80. The Labute approximate surface area is 190 Å². The molecule has 0 N–H and O–H groups in total. The van der Waals surface area contributed by atoms with Crippen LogP contribution in [0.4, 0.5) is 5.69 Å². The van der Waals surface area contributed by atoms with Crippen LogP contribution >= 0.6 is 12.4 Å². The Bertz CT molecular complexity index is 992. The van der Waals surface area contributed by atoms with Crippen molar-refractivity contribution in [3.8, 4) is 5.75 Å². The molecule has 6 heteroatoms. The Hall–Kier alpha value is -2.47. The number of morpholine rings is 1. The van der Waals surface area contributed by atoms with Crippen molar-refractivity contribution in [2.24, 2.45) is 0 Å². The lowest BCUT2D eigenvalue weighted by Crippen LogP contribution is -2.46. The van der Waals surface area contributed by atoms with Gasteiger partial charge in [-0.1, -0.05) is 25.1 Å². The first-order valence-electron chi connectivity index (χ1n) is 10.6. The molecule has 0 amide bonds. The third-order valence-corrected chi connectivity index (χ3v) is 5.43. The Morgan fingerprint density at radius 3 is 2.45 bits per heavy atom. The van der Waals surface area contributed by atoms with Gasteiger partial charge < -0.3 is 18.8 Å². The highest BCUT2D eigenvalue weighted by molar-refractivity contribution is 5.85. The lowest BCUT2D eigenvalue weighted by molar-refractivity contribution is -0.0468. The third-order valence-electron chi connectivity index (χ3n) is 5.43. The highest BCUT2D eigenvalue weighted by Crippen LogP contribution is 2.27. The van der Waals surface area contributed by atoms with Crippen molar-refractivity contribution >= 4 is 41.2 Å². The predicted molar refractivity (Wildman–Crippen MR) is 130 cm³/mol. The fraction of sp³-hybridized carbons (Fsp3) is 0.360. The zero-order valence-corrected chi connectivity index (χ0v) is 19.2. The largest absolute Gasteiger partial charge is 0.475 e. The van der Waals surface area contributed by atoms with E-state index in [4.69, 9.17) is 13.9 Å². The van der Waals surface area contributed by atoms with E-state index in [0.717, 1.165) is 60.8 Å². The van der Waals surface area contributed by atoms with Crippen LogP contribution < -0.4 is 9.64 Å². The Morgan fingerprint density at radius 2 is 1.77 bits per heavy atom. The molecule has 1 fully saturated rings. The van der Waals surface area contributed by atoms with E-state index in [2.05, 4.69) is 59.2 Å². The van der Waals surface area contributed by atoms with Crippen LogP contribution in [0.5, 0.6) is 5.75 Å². The van der Waals surface area contributed by atoms with E-state index >= 15 is 0 Å². The van der Waals surface area contributed by atoms with Gasteiger partial charge in [-0.2, -0.15) is 0 Å². The second-order valence-electron chi connectivity index (χ2n) is 7.80. The molecule has 5 nitrogen and oxygen atoms in total. The summed E-state index contributed by atoms with van der Waals surface area (Å²) in [6, 6.07) is 16.6. The number of nitrogens with zero attached hydrogens (tertiary/aromatic N) is 2. The van der Waals surface area contributed by atoms with Crippen LogP contribution in [-0.2, 0) is 4.74 Å². The highest BCUT2D eigenvalue weighted by atomic mass is 35.5. The molecule has 0 spiro atoms. The summed E-state index contributed by atoms with van der Waals surface area (Å²) in [6.07, 6.45) is 5.07. The quantitative estimate of drug-likeness (QED) is 0.480. The van der Waals surface area contributed by atoms with Gasteiger partial charge in [-0.25, -0.2) is 0 Å². The molecule has 1 aliphatic rings. The molecule has 2 aromatic carbocycles. The van der Waals surface area contributed by atoms with Crippen molar-refractivity contribution < 1.29 is 13.9 Å². The highest BCUT2D eigenvalue weighted by Gasteiger charge is 2.21. The molecule has 1 unspecified atom stereocenters. The standard InChI is InChI=1S/C25H30N2O3.ClH/c1-4-25(27-13-15-28-16-14-27)30-23-12-8-20-17-22(29-24(20)18-23)11-7-19-5-9-21(10-6-19)26(2)3;/h5-12,17-18,25H,4,13-16H2,1-3H3;1H/b11-7+;. The molecule has 1 saturated heterocycles. The number of halogens is 1. The molecule has 1 aromatic heterocycles. The summed E-state index contributed by atoms with van der Waals surface area (Å²) in [6.45, 7) is 5.51. The van der Waals surface area contributed by atoms with Gasteiger partial charge in [-0.05, 0) is 48.4 Å². The SMILES string of the molecule is CCC(Oc1ccc2cc(/C=C/c3ccc(N(C)C)cc3)oc2c1)N1CCOCC1.Cl. The van der Waals surface area contributed by atoms with E-state index in [1.807, 2.05) is 32.3 Å². The molecule has 166 valence electrons. The van der Waals surface area contributed by atoms with Crippen LogP contribution in [0.3, 0.4) is 0 Å². The number of benzene rings is 2.